The molecule has 17 heavy (non-hydrogen) atoms. The van der Waals surface area contributed by atoms with Crippen LogP contribution in [0.2, 0.25) is 0 Å². The lowest BCUT2D eigenvalue weighted by atomic mass is 9.70. The molecule has 0 nitrogen and oxygen atoms in total. The van der Waals surface area contributed by atoms with Crippen LogP contribution < -0.4 is 0 Å². The Kier molecular flexibility index (Phi) is 7.13. The van der Waals surface area contributed by atoms with Crippen molar-refractivity contribution in [1.29, 1.82) is 0 Å². The molecular weight excluding hydrogens is 204 g/mol. The molecule has 0 heteroatoms. The summed E-state index contributed by atoms with van der Waals surface area (Å²) in [4.78, 5) is 0. The van der Waals surface area contributed by atoms with Gasteiger partial charge in [-0.25, -0.2) is 0 Å². The Bertz CT molecular complexity index is 212. The molecule has 0 aliphatic heterocycles. The van der Waals surface area contributed by atoms with Crippen molar-refractivity contribution in [2.75, 3.05) is 0 Å². The highest BCUT2D eigenvalue weighted by Gasteiger charge is 2.28. The number of hydrogen-bond donors (Lipinski definition) is 0. The molecule has 0 spiro atoms. The third-order valence-corrected chi connectivity index (χ3v) is 3.17. The lowest BCUT2D eigenvalue weighted by Gasteiger charge is -2.35. The molecule has 0 bridgehead atoms. The summed E-state index contributed by atoms with van der Waals surface area (Å²) < 4.78 is 0. The second-order valence-electron chi connectivity index (χ2n) is 6.64. The van der Waals surface area contributed by atoms with Crippen molar-refractivity contribution in [3.63, 3.8) is 0 Å². The van der Waals surface area contributed by atoms with E-state index >= 15 is 0 Å². The SMILES string of the molecule is [CH]C(C)CC(C)(CC([CH])C)CC(C)CC(=C)C. The van der Waals surface area contributed by atoms with Gasteiger partial charge in [0.25, 0.3) is 0 Å². The molecule has 0 aliphatic rings. The standard InChI is InChI=1S/C17H30/c1-13(2)9-16(7)12-17(8,10-14(3)4)11-15(5)6/h3,5,14-16H,1,9-12H2,2,4,6-8H3. The molecule has 0 aromatic heterocycles. The number of hydrogen-bond acceptors (Lipinski definition) is 0. The highest BCUT2D eigenvalue weighted by atomic mass is 14.3. The largest absolute Gasteiger partial charge is 0.100 e. The van der Waals surface area contributed by atoms with E-state index in [-0.39, 0.29) is 17.3 Å². The summed E-state index contributed by atoms with van der Waals surface area (Å²) in [6.07, 6.45) is 4.39. The second-order valence-corrected chi connectivity index (χ2v) is 6.64. The fourth-order valence-electron chi connectivity index (χ4n) is 3.31. The summed E-state index contributed by atoms with van der Waals surface area (Å²) in [5, 5.41) is 0. The molecule has 0 aliphatic carbocycles. The Morgan fingerprint density at radius 3 is 1.76 bits per heavy atom. The van der Waals surface area contributed by atoms with Crippen molar-refractivity contribution >= 4 is 0 Å². The summed E-state index contributed by atoms with van der Waals surface area (Å²) in [5.74, 6) is 1.15. The fraction of sp³-hybridized carbons (Fsp3) is 0.765. The first kappa shape index (κ1) is 16.7. The maximum atomic E-state index is 5.97. The first-order valence-electron chi connectivity index (χ1n) is 6.80. The Hall–Kier alpha value is -0.260. The predicted octanol–water partition coefficient (Wildman–Crippen LogP) is 5.46. The van der Waals surface area contributed by atoms with E-state index in [9.17, 15) is 0 Å². The molecule has 0 saturated heterocycles. The van der Waals surface area contributed by atoms with Gasteiger partial charge in [0.1, 0.15) is 0 Å². The topological polar surface area (TPSA) is 0 Å². The molecule has 3 unspecified atom stereocenters. The molecule has 0 aromatic carbocycles. The van der Waals surface area contributed by atoms with Gasteiger partial charge in [-0.3, -0.25) is 0 Å². The van der Waals surface area contributed by atoms with Crippen LogP contribution in [0.5, 0.6) is 0 Å². The Morgan fingerprint density at radius 2 is 1.47 bits per heavy atom. The summed E-state index contributed by atoms with van der Waals surface area (Å²) in [7, 11) is 0. The molecular formula is C17H30. The van der Waals surface area contributed by atoms with E-state index in [2.05, 4.69) is 41.2 Å². The lowest BCUT2D eigenvalue weighted by molar-refractivity contribution is 0.173. The molecule has 0 N–H and O–H groups in total. The van der Waals surface area contributed by atoms with Gasteiger partial charge < -0.3 is 0 Å². The van der Waals surface area contributed by atoms with Crippen LogP contribution in [0.4, 0.5) is 0 Å². The monoisotopic (exact) mass is 234 g/mol. The quantitative estimate of drug-likeness (QED) is 0.489. The van der Waals surface area contributed by atoms with Crippen molar-refractivity contribution in [2.24, 2.45) is 23.2 Å². The van der Waals surface area contributed by atoms with Gasteiger partial charge in [0, 0.05) is 0 Å². The van der Waals surface area contributed by atoms with Gasteiger partial charge in [0.05, 0.1) is 0 Å². The van der Waals surface area contributed by atoms with Crippen LogP contribution in [-0.2, 0) is 0 Å². The molecule has 98 valence electrons. The average Bonchev–Trinajstić information content (AvgIpc) is 1.95. The van der Waals surface area contributed by atoms with Gasteiger partial charge in [0.2, 0.25) is 0 Å². The predicted molar refractivity (Wildman–Crippen MR) is 77.5 cm³/mol. The maximum Gasteiger partial charge on any atom is -0.0300 e. The van der Waals surface area contributed by atoms with Crippen molar-refractivity contribution in [3.8, 4) is 0 Å². The lowest BCUT2D eigenvalue weighted by Crippen LogP contribution is -2.24. The molecule has 0 saturated carbocycles. The van der Waals surface area contributed by atoms with Crippen LogP contribution in [-0.4, -0.2) is 0 Å². The average molecular weight is 234 g/mol. The maximum absolute atomic E-state index is 5.97. The van der Waals surface area contributed by atoms with Crippen molar-refractivity contribution in [2.45, 2.75) is 60.3 Å². The third kappa shape index (κ3) is 8.46. The number of allylic oxidation sites excluding steroid dienone is 1. The summed E-state index contributed by atoms with van der Waals surface area (Å²) in [6.45, 7) is 26.8. The van der Waals surface area contributed by atoms with Crippen LogP contribution in [0.3, 0.4) is 0 Å². The van der Waals surface area contributed by atoms with Gasteiger partial charge in [-0.1, -0.05) is 33.3 Å². The van der Waals surface area contributed by atoms with Gasteiger partial charge >= 0.3 is 0 Å². The normalized spacial score (nSPS) is 14.4. The van der Waals surface area contributed by atoms with Gasteiger partial charge in [0.15, 0.2) is 0 Å². The molecule has 0 fully saturated rings. The van der Waals surface area contributed by atoms with E-state index in [1.165, 1.54) is 12.0 Å². The molecule has 0 aromatic rings. The zero-order valence-corrected chi connectivity index (χ0v) is 12.4. The summed E-state index contributed by atoms with van der Waals surface area (Å²) >= 11 is 0. The van der Waals surface area contributed by atoms with E-state index in [4.69, 9.17) is 13.8 Å². The van der Waals surface area contributed by atoms with Gasteiger partial charge in [-0.05, 0) is 69.6 Å². The van der Waals surface area contributed by atoms with Crippen molar-refractivity contribution in [3.05, 3.63) is 26.0 Å². The fourth-order valence-corrected chi connectivity index (χ4v) is 3.31. The highest BCUT2D eigenvalue weighted by molar-refractivity contribution is 4.91. The molecule has 0 rings (SSSR count). The van der Waals surface area contributed by atoms with Gasteiger partial charge in [-0.2, -0.15) is 0 Å². The Labute approximate surface area is 110 Å². The molecule has 3 atom stereocenters. The van der Waals surface area contributed by atoms with E-state index < -0.39 is 0 Å². The zero-order valence-electron chi connectivity index (χ0n) is 12.4. The van der Waals surface area contributed by atoms with Crippen LogP contribution in [0.15, 0.2) is 12.2 Å². The van der Waals surface area contributed by atoms with Crippen LogP contribution in [0.1, 0.15) is 60.3 Å². The van der Waals surface area contributed by atoms with E-state index in [0.29, 0.717) is 5.92 Å². The second kappa shape index (κ2) is 7.24. The number of rotatable bonds is 8. The molecule has 0 heterocycles. The van der Waals surface area contributed by atoms with Crippen LogP contribution in [0.25, 0.3) is 0 Å². The van der Waals surface area contributed by atoms with Crippen LogP contribution >= 0.6 is 0 Å². The minimum absolute atomic E-state index is 0.246. The Morgan fingerprint density at radius 1 is 1.06 bits per heavy atom. The minimum atomic E-state index is 0.246. The van der Waals surface area contributed by atoms with E-state index in [1.807, 2.05) is 0 Å². The first-order chi connectivity index (χ1) is 7.64. The van der Waals surface area contributed by atoms with Gasteiger partial charge in [-0.15, -0.1) is 6.58 Å². The minimum Gasteiger partial charge on any atom is -0.100 e. The summed E-state index contributed by atoms with van der Waals surface area (Å²) in [5.41, 5.74) is 1.53. The van der Waals surface area contributed by atoms with Crippen LogP contribution in [0, 0.1) is 37.0 Å². The summed E-state index contributed by atoms with van der Waals surface area (Å²) in [6, 6.07) is 0. The van der Waals surface area contributed by atoms with Crippen molar-refractivity contribution in [1.82, 2.24) is 0 Å². The Balaban J connectivity index is 4.51. The zero-order chi connectivity index (χ0) is 13.6. The highest BCUT2D eigenvalue weighted by Crippen LogP contribution is 2.40. The van der Waals surface area contributed by atoms with E-state index in [0.717, 1.165) is 19.3 Å². The van der Waals surface area contributed by atoms with E-state index in [1.54, 1.807) is 0 Å². The smallest absolute Gasteiger partial charge is 0.0300 e. The first-order valence-corrected chi connectivity index (χ1v) is 6.80. The molecule has 0 amide bonds. The van der Waals surface area contributed by atoms with Crippen molar-refractivity contribution < 1.29 is 0 Å². The third-order valence-electron chi connectivity index (χ3n) is 3.17. The molecule has 4 radical (unpaired) electrons.